The standard InChI is InChI=1S/C16H17Cl2NO3/c1-21-15-5-3-2-4-14(15)19-9-12(20)10-22-16-8-11(17)6-7-13(16)18/h2-8,12,19-20H,9-10H2,1H3. The van der Waals surface area contributed by atoms with E-state index >= 15 is 0 Å². The molecule has 1 unspecified atom stereocenters. The fourth-order valence-electron chi connectivity index (χ4n) is 1.85. The van der Waals surface area contributed by atoms with E-state index in [1.807, 2.05) is 24.3 Å². The van der Waals surface area contributed by atoms with Crippen molar-refractivity contribution in [1.82, 2.24) is 0 Å². The van der Waals surface area contributed by atoms with Gasteiger partial charge in [-0.2, -0.15) is 0 Å². The molecule has 0 amide bonds. The Morgan fingerprint density at radius 3 is 2.68 bits per heavy atom. The first-order valence-corrected chi connectivity index (χ1v) is 7.48. The van der Waals surface area contributed by atoms with Crippen LogP contribution in [0.3, 0.4) is 0 Å². The van der Waals surface area contributed by atoms with Gasteiger partial charge in [-0.1, -0.05) is 35.3 Å². The zero-order valence-electron chi connectivity index (χ0n) is 12.1. The molecule has 2 aromatic rings. The van der Waals surface area contributed by atoms with Crippen LogP contribution in [-0.2, 0) is 0 Å². The minimum Gasteiger partial charge on any atom is -0.495 e. The van der Waals surface area contributed by atoms with Gasteiger partial charge in [0.15, 0.2) is 0 Å². The Kier molecular flexibility index (Phi) is 6.19. The number of ether oxygens (including phenoxy) is 2. The maximum Gasteiger partial charge on any atom is 0.141 e. The van der Waals surface area contributed by atoms with Crippen molar-refractivity contribution in [2.24, 2.45) is 0 Å². The van der Waals surface area contributed by atoms with Crippen molar-refractivity contribution in [3.8, 4) is 11.5 Å². The largest absolute Gasteiger partial charge is 0.495 e. The van der Waals surface area contributed by atoms with E-state index in [-0.39, 0.29) is 6.61 Å². The number of rotatable bonds is 7. The molecule has 0 saturated carbocycles. The topological polar surface area (TPSA) is 50.7 Å². The van der Waals surface area contributed by atoms with Crippen molar-refractivity contribution in [1.29, 1.82) is 0 Å². The molecule has 1 atom stereocenters. The van der Waals surface area contributed by atoms with Gasteiger partial charge in [-0.3, -0.25) is 0 Å². The van der Waals surface area contributed by atoms with Gasteiger partial charge in [0.25, 0.3) is 0 Å². The molecule has 118 valence electrons. The summed E-state index contributed by atoms with van der Waals surface area (Å²) < 4.78 is 10.7. The molecule has 0 aliphatic heterocycles. The van der Waals surface area contributed by atoms with Crippen LogP contribution in [0.4, 0.5) is 5.69 Å². The molecule has 4 nitrogen and oxygen atoms in total. The van der Waals surface area contributed by atoms with Crippen molar-refractivity contribution in [2.75, 3.05) is 25.6 Å². The number of benzene rings is 2. The van der Waals surface area contributed by atoms with Crippen LogP contribution in [0.25, 0.3) is 0 Å². The minimum atomic E-state index is -0.708. The summed E-state index contributed by atoms with van der Waals surface area (Å²) in [6, 6.07) is 12.4. The van der Waals surface area contributed by atoms with E-state index < -0.39 is 6.10 Å². The fraction of sp³-hybridized carbons (Fsp3) is 0.250. The number of aliphatic hydroxyl groups excluding tert-OH is 1. The lowest BCUT2D eigenvalue weighted by Crippen LogP contribution is -2.26. The van der Waals surface area contributed by atoms with Crippen LogP contribution < -0.4 is 14.8 Å². The highest BCUT2D eigenvalue weighted by atomic mass is 35.5. The van der Waals surface area contributed by atoms with Gasteiger partial charge in [0.1, 0.15) is 24.2 Å². The molecule has 0 bridgehead atoms. The maximum atomic E-state index is 9.99. The van der Waals surface area contributed by atoms with Crippen LogP contribution in [0.1, 0.15) is 0 Å². The van der Waals surface area contributed by atoms with Crippen molar-refractivity contribution >= 4 is 28.9 Å². The summed E-state index contributed by atoms with van der Waals surface area (Å²) in [5, 5.41) is 14.1. The highest BCUT2D eigenvalue weighted by Crippen LogP contribution is 2.28. The average molecular weight is 342 g/mol. The minimum absolute atomic E-state index is 0.0994. The Morgan fingerprint density at radius 2 is 1.91 bits per heavy atom. The molecular weight excluding hydrogens is 325 g/mol. The van der Waals surface area contributed by atoms with Crippen molar-refractivity contribution in [2.45, 2.75) is 6.10 Å². The summed E-state index contributed by atoms with van der Waals surface area (Å²) >= 11 is 11.9. The zero-order valence-corrected chi connectivity index (χ0v) is 13.6. The van der Waals surface area contributed by atoms with E-state index in [9.17, 15) is 5.11 Å². The fourth-order valence-corrected chi connectivity index (χ4v) is 2.19. The molecule has 2 rings (SSSR count). The van der Waals surface area contributed by atoms with Crippen molar-refractivity contribution < 1.29 is 14.6 Å². The maximum absolute atomic E-state index is 9.99. The number of aliphatic hydroxyl groups is 1. The average Bonchev–Trinajstić information content (AvgIpc) is 2.54. The van der Waals surface area contributed by atoms with E-state index in [0.717, 1.165) is 5.69 Å². The third kappa shape index (κ3) is 4.70. The highest BCUT2D eigenvalue weighted by Gasteiger charge is 2.09. The second-order valence-corrected chi connectivity index (χ2v) is 5.46. The Bertz CT molecular complexity index is 622. The first-order valence-electron chi connectivity index (χ1n) is 6.73. The van der Waals surface area contributed by atoms with E-state index in [0.29, 0.717) is 28.1 Å². The summed E-state index contributed by atoms with van der Waals surface area (Å²) in [6.07, 6.45) is -0.708. The van der Waals surface area contributed by atoms with Gasteiger partial charge >= 0.3 is 0 Å². The Labute approximate surface area is 139 Å². The smallest absolute Gasteiger partial charge is 0.141 e. The number of para-hydroxylation sites is 2. The quantitative estimate of drug-likeness (QED) is 0.802. The SMILES string of the molecule is COc1ccccc1NCC(O)COc1cc(Cl)ccc1Cl. The Hall–Kier alpha value is -1.62. The van der Waals surface area contributed by atoms with Crippen LogP contribution in [-0.4, -0.2) is 31.5 Å². The number of anilines is 1. The molecule has 0 heterocycles. The summed E-state index contributed by atoms with van der Waals surface area (Å²) in [4.78, 5) is 0. The number of methoxy groups -OCH3 is 1. The van der Waals surface area contributed by atoms with E-state index in [2.05, 4.69) is 5.32 Å². The lowest BCUT2D eigenvalue weighted by Gasteiger charge is -2.16. The first-order chi connectivity index (χ1) is 10.6. The number of nitrogens with one attached hydrogen (secondary N) is 1. The third-order valence-corrected chi connectivity index (χ3v) is 3.51. The predicted molar refractivity (Wildman–Crippen MR) is 89.4 cm³/mol. The van der Waals surface area contributed by atoms with Gasteiger partial charge in [-0.05, 0) is 24.3 Å². The van der Waals surface area contributed by atoms with E-state index in [1.165, 1.54) is 0 Å². The highest BCUT2D eigenvalue weighted by molar-refractivity contribution is 6.34. The Balaban J connectivity index is 1.85. The van der Waals surface area contributed by atoms with Crippen LogP contribution in [0.15, 0.2) is 42.5 Å². The summed E-state index contributed by atoms with van der Waals surface area (Å²) in [7, 11) is 1.60. The van der Waals surface area contributed by atoms with Crippen LogP contribution >= 0.6 is 23.2 Å². The van der Waals surface area contributed by atoms with Crippen LogP contribution in [0.5, 0.6) is 11.5 Å². The molecule has 6 heteroatoms. The van der Waals surface area contributed by atoms with Crippen molar-refractivity contribution in [3.63, 3.8) is 0 Å². The molecule has 0 fully saturated rings. The molecule has 0 radical (unpaired) electrons. The molecule has 0 saturated heterocycles. The van der Waals surface area contributed by atoms with Crippen molar-refractivity contribution in [3.05, 3.63) is 52.5 Å². The van der Waals surface area contributed by atoms with Gasteiger partial charge in [0.2, 0.25) is 0 Å². The third-order valence-electron chi connectivity index (χ3n) is 2.96. The lowest BCUT2D eigenvalue weighted by atomic mass is 10.2. The van der Waals surface area contributed by atoms with Crippen LogP contribution in [0.2, 0.25) is 10.0 Å². The second kappa shape index (κ2) is 8.13. The van der Waals surface area contributed by atoms with Gasteiger partial charge in [-0.25, -0.2) is 0 Å². The Morgan fingerprint density at radius 1 is 1.14 bits per heavy atom. The second-order valence-electron chi connectivity index (χ2n) is 4.62. The molecule has 0 spiro atoms. The summed E-state index contributed by atoms with van der Waals surface area (Å²) in [6.45, 7) is 0.417. The van der Waals surface area contributed by atoms with Gasteiger partial charge in [0.05, 0.1) is 17.8 Å². The molecule has 22 heavy (non-hydrogen) atoms. The molecule has 0 aromatic heterocycles. The van der Waals surface area contributed by atoms with E-state index in [1.54, 1.807) is 25.3 Å². The van der Waals surface area contributed by atoms with Gasteiger partial charge < -0.3 is 19.9 Å². The normalized spacial score (nSPS) is 11.8. The molecular formula is C16H17Cl2NO3. The monoisotopic (exact) mass is 341 g/mol. The summed E-state index contributed by atoms with van der Waals surface area (Å²) in [5.41, 5.74) is 0.810. The summed E-state index contributed by atoms with van der Waals surface area (Å²) in [5.74, 6) is 1.17. The number of hydrogen-bond acceptors (Lipinski definition) is 4. The van der Waals surface area contributed by atoms with Crippen LogP contribution in [0, 0.1) is 0 Å². The predicted octanol–water partition coefficient (Wildman–Crippen LogP) is 3.85. The number of hydrogen-bond donors (Lipinski definition) is 2. The molecule has 2 aromatic carbocycles. The van der Waals surface area contributed by atoms with E-state index in [4.69, 9.17) is 32.7 Å². The molecule has 2 N–H and O–H groups in total. The zero-order chi connectivity index (χ0) is 15.9. The molecule has 0 aliphatic rings. The number of halogens is 2. The molecule has 0 aliphatic carbocycles. The lowest BCUT2D eigenvalue weighted by molar-refractivity contribution is 0.117. The van der Waals surface area contributed by atoms with Gasteiger partial charge in [0, 0.05) is 17.6 Å². The first kappa shape index (κ1) is 16.7. The van der Waals surface area contributed by atoms with Gasteiger partial charge in [-0.15, -0.1) is 0 Å².